The second-order valence-corrected chi connectivity index (χ2v) is 8.37. The van der Waals surface area contributed by atoms with Crippen molar-refractivity contribution in [2.24, 2.45) is 17.3 Å². The number of halogens is 2. The molecule has 2 saturated carbocycles. The quantitative estimate of drug-likeness (QED) is 0.447. The van der Waals surface area contributed by atoms with Crippen molar-refractivity contribution in [2.75, 3.05) is 6.54 Å². The largest absolute Gasteiger partial charge is 0.364 e. The van der Waals surface area contributed by atoms with Crippen LogP contribution in [0.3, 0.4) is 0 Å². The molecule has 22 heavy (non-hydrogen) atoms. The van der Waals surface area contributed by atoms with E-state index >= 15 is 0 Å². The Morgan fingerprint density at radius 2 is 1.64 bits per heavy atom. The molecule has 5 nitrogen and oxygen atoms in total. The van der Waals surface area contributed by atoms with Crippen molar-refractivity contribution in [1.29, 1.82) is 0 Å². The molecule has 1 heterocycles. The van der Waals surface area contributed by atoms with Crippen molar-refractivity contribution in [2.45, 2.75) is 62.4 Å². The highest BCUT2D eigenvalue weighted by Crippen LogP contribution is 2.71. The van der Waals surface area contributed by atoms with Crippen LogP contribution in [0.4, 0.5) is 8.78 Å². The van der Waals surface area contributed by atoms with Crippen molar-refractivity contribution >= 4 is 9.24 Å². The Kier molecular flexibility index (Phi) is 3.37. The van der Waals surface area contributed by atoms with Crippen LogP contribution in [0, 0.1) is 17.3 Å². The maximum atomic E-state index is 13.4. The Bertz CT molecular complexity index is 495. The van der Waals surface area contributed by atoms with E-state index in [1.54, 1.807) is 13.8 Å². The van der Waals surface area contributed by atoms with Gasteiger partial charge in [-0.15, -0.1) is 9.24 Å². The Balaban J connectivity index is 2.01. The van der Waals surface area contributed by atoms with E-state index in [-0.39, 0.29) is 6.54 Å². The van der Waals surface area contributed by atoms with E-state index in [0.717, 1.165) is 4.90 Å². The zero-order valence-electron chi connectivity index (χ0n) is 12.8. The number of nitrogens with zero attached hydrogens (tertiary/aromatic N) is 1. The lowest BCUT2D eigenvalue weighted by Gasteiger charge is -2.53. The zero-order valence-corrected chi connectivity index (χ0v) is 13.9. The SMILES string of the molecule is CC(C)C(O)(O)C1(P)N(C(O)(O)C2CC2(F)F)CCC12CC2. The predicted octanol–water partition coefficient (Wildman–Crippen LogP) is 0.674. The number of alkyl halides is 2. The topological polar surface area (TPSA) is 84.2 Å². The van der Waals surface area contributed by atoms with E-state index in [2.05, 4.69) is 9.24 Å². The Labute approximate surface area is 130 Å². The second kappa shape index (κ2) is 4.38. The molecule has 1 saturated heterocycles. The lowest BCUT2D eigenvalue weighted by atomic mass is 9.82. The third-order valence-corrected chi connectivity index (χ3v) is 7.31. The van der Waals surface area contributed by atoms with Gasteiger partial charge >= 0.3 is 0 Å². The van der Waals surface area contributed by atoms with Crippen molar-refractivity contribution in [1.82, 2.24) is 4.90 Å². The molecule has 0 bridgehead atoms. The van der Waals surface area contributed by atoms with E-state index in [9.17, 15) is 29.2 Å². The van der Waals surface area contributed by atoms with Crippen molar-refractivity contribution in [3.05, 3.63) is 0 Å². The van der Waals surface area contributed by atoms with Gasteiger partial charge in [-0.25, -0.2) is 13.7 Å². The Hall–Kier alpha value is 0.0900. The fourth-order valence-corrected chi connectivity index (χ4v) is 5.12. The fraction of sp³-hybridized carbons (Fsp3) is 1.00. The Morgan fingerprint density at radius 1 is 1.14 bits per heavy atom. The smallest absolute Gasteiger partial charge is 0.258 e. The first-order chi connectivity index (χ1) is 9.83. The Morgan fingerprint density at radius 3 is 2.00 bits per heavy atom. The standard InChI is InChI=1S/C14H24F2NO4P/c1-8(2)12(18,19)14(22)10(3-4-10)5-6-17(14)13(20,21)9-7-11(9,15)16/h8-9,18-21H,3-7,22H2,1-2H3. The molecule has 0 aromatic heterocycles. The summed E-state index contributed by atoms with van der Waals surface area (Å²) >= 11 is 0. The average Bonchev–Trinajstić information content (AvgIpc) is 3.23. The molecule has 1 spiro atoms. The number of rotatable bonds is 4. The van der Waals surface area contributed by atoms with Gasteiger partial charge in [0.05, 0.1) is 11.2 Å². The lowest BCUT2D eigenvalue weighted by Crippen LogP contribution is -2.70. The van der Waals surface area contributed by atoms with Crippen LogP contribution in [0.2, 0.25) is 0 Å². The van der Waals surface area contributed by atoms with Crippen LogP contribution in [0.25, 0.3) is 0 Å². The highest BCUT2D eigenvalue weighted by atomic mass is 31.0. The summed E-state index contributed by atoms with van der Waals surface area (Å²) in [5, 5.41) is 40.7. The minimum atomic E-state index is -3.13. The summed E-state index contributed by atoms with van der Waals surface area (Å²) in [6, 6.07) is 0. The van der Waals surface area contributed by atoms with Gasteiger partial charge in [0.15, 0.2) is 5.79 Å². The number of hydrogen-bond acceptors (Lipinski definition) is 5. The summed E-state index contributed by atoms with van der Waals surface area (Å²) in [5.41, 5.74) is -0.494. The summed E-state index contributed by atoms with van der Waals surface area (Å²) < 4.78 is 26.8. The van der Waals surface area contributed by atoms with Crippen LogP contribution in [0.1, 0.15) is 39.5 Å². The lowest BCUT2D eigenvalue weighted by molar-refractivity contribution is -0.343. The second-order valence-electron chi connectivity index (χ2n) is 7.53. The molecule has 2 aliphatic carbocycles. The van der Waals surface area contributed by atoms with Crippen LogP contribution >= 0.6 is 9.24 Å². The minimum absolute atomic E-state index is 0.138. The molecule has 3 aliphatic rings. The van der Waals surface area contributed by atoms with Gasteiger partial charge in [-0.05, 0) is 24.7 Å². The van der Waals surface area contributed by atoms with Gasteiger partial charge < -0.3 is 20.4 Å². The van der Waals surface area contributed by atoms with Crippen LogP contribution in [-0.4, -0.2) is 54.8 Å². The van der Waals surface area contributed by atoms with E-state index in [1.165, 1.54) is 0 Å². The summed E-state index contributed by atoms with van der Waals surface area (Å²) in [7, 11) is 2.36. The molecule has 3 unspecified atom stereocenters. The van der Waals surface area contributed by atoms with Gasteiger partial charge in [-0.2, -0.15) is 0 Å². The molecule has 0 aromatic carbocycles. The van der Waals surface area contributed by atoms with Crippen molar-refractivity contribution in [3.8, 4) is 0 Å². The zero-order chi connectivity index (χ0) is 16.8. The first-order valence-corrected chi connectivity index (χ1v) is 8.25. The molecular weight excluding hydrogens is 315 g/mol. The van der Waals surface area contributed by atoms with Crippen molar-refractivity contribution < 1.29 is 29.2 Å². The summed E-state index contributed by atoms with van der Waals surface area (Å²) in [6.07, 6.45) is 1.34. The monoisotopic (exact) mass is 339 g/mol. The van der Waals surface area contributed by atoms with Gasteiger partial charge in [-0.1, -0.05) is 13.8 Å². The molecule has 0 radical (unpaired) electrons. The maximum Gasteiger partial charge on any atom is 0.258 e. The first kappa shape index (κ1) is 16.9. The van der Waals surface area contributed by atoms with E-state index in [1.807, 2.05) is 0 Å². The number of likely N-dealkylation sites (tertiary alicyclic amines) is 1. The predicted molar refractivity (Wildman–Crippen MR) is 77.7 cm³/mol. The molecule has 0 amide bonds. The maximum absolute atomic E-state index is 13.4. The van der Waals surface area contributed by atoms with E-state index in [4.69, 9.17) is 0 Å². The summed E-state index contributed by atoms with van der Waals surface area (Å²) in [6.45, 7) is 3.36. The molecule has 3 rings (SSSR count). The first-order valence-electron chi connectivity index (χ1n) is 7.67. The highest BCUT2D eigenvalue weighted by Gasteiger charge is 2.78. The van der Waals surface area contributed by atoms with Crippen LogP contribution in [0.5, 0.6) is 0 Å². The summed E-state index contributed by atoms with van der Waals surface area (Å²) in [5.74, 6) is -10.3. The van der Waals surface area contributed by atoms with Gasteiger partial charge in [0, 0.05) is 18.9 Å². The van der Waals surface area contributed by atoms with Crippen LogP contribution < -0.4 is 0 Å². The third-order valence-electron chi connectivity index (χ3n) is 5.96. The summed E-state index contributed by atoms with van der Waals surface area (Å²) in [4.78, 5) is 1.07. The fourth-order valence-electron chi connectivity index (χ4n) is 4.04. The molecule has 0 aromatic rings. The average molecular weight is 339 g/mol. The molecule has 3 atom stereocenters. The van der Waals surface area contributed by atoms with Gasteiger partial charge in [0.1, 0.15) is 0 Å². The minimum Gasteiger partial charge on any atom is -0.364 e. The van der Waals surface area contributed by atoms with Crippen LogP contribution in [-0.2, 0) is 0 Å². The van der Waals surface area contributed by atoms with E-state index in [0.29, 0.717) is 19.3 Å². The molecule has 4 N–H and O–H groups in total. The number of aliphatic hydroxyl groups is 4. The van der Waals surface area contributed by atoms with Gasteiger partial charge in [0.25, 0.3) is 5.92 Å². The van der Waals surface area contributed by atoms with E-state index < -0.39 is 46.6 Å². The molecular formula is C14H24F2NO4P. The normalized spacial score (nSPS) is 37.1. The van der Waals surface area contributed by atoms with Gasteiger partial charge in [-0.3, -0.25) is 0 Å². The number of hydrogen-bond donors (Lipinski definition) is 4. The molecule has 128 valence electrons. The molecule has 8 heteroatoms. The molecule has 1 aliphatic heterocycles. The highest BCUT2D eigenvalue weighted by molar-refractivity contribution is 7.19. The van der Waals surface area contributed by atoms with Crippen molar-refractivity contribution in [3.63, 3.8) is 0 Å². The third kappa shape index (κ3) is 1.90. The van der Waals surface area contributed by atoms with Gasteiger partial charge in [0.2, 0.25) is 5.91 Å². The molecule has 3 fully saturated rings. The van der Waals surface area contributed by atoms with Crippen LogP contribution in [0.15, 0.2) is 0 Å².